The number of carbonyl (C=O) groups is 2. The van der Waals surface area contributed by atoms with Crippen LogP contribution in [0.25, 0.3) is 0 Å². The van der Waals surface area contributed by atoms with Crippen LogP contribution in [0.4, 0.5) is 5.69 Å². The highest BCUT2D eigenvalue weighted by Crippen LogP contribution is 2.20. The molecule has 1 aliphatic heterocycles. The van der Waals surface area contributed by atoms with Crippen LogP contribution in [0.1, 0.15) is 26.7 Å². The highest BCUT2D eigenvalue weighted by molar-refractivity contribution is 6.41. The fourth-order valence-electron chi connectivity index (χ4n) is 2.73. The van der Waals surface area contributed by atoms with Crippen molar-refractivity contribution in [2.45, 2.75) is 32.7 Å². The number of halogens is 1. The largest absolute Gasteiger partial charge is 0.348 e. The van der Waals surface area contributed by atoms with E-state index in [1.165, 1.54) is 0 Å². The summed E-state index contributed by atoms with van der Waals surface area (Å²) in [5, 5.41) is 5.66. The smallest absolute Gasteiger partial charge is 0.313 e. The Morgan fingerprint density at radius 3 is 2.48 bits per heavy atom. The highest BCUT2D eigenvalue weighted by Gasteiger charge is 2.22. The lowest BCUT2D eigenvalue weighted by Crippen LogP contribution is -2.43. The second-order valence-corrected chi connectivity index (χ2v) is 6.62. The van der Waals surface area contributed by atoms with Crippen LogP contribution < -0.4 is 10.6 Å². The molecule has 1 aromatic carbocycles. The lowest BCUT2D eigenvalue weighted by Gasteiger charge is -2.34. The molecule has 2 amide bonds. The van der Waals surface area contributed by atoms with Gasteiger partial charge in [0.1, 0.15) is 0 Å². The zero-order valence-electron chi connectivity index (χ0n) is 13.6. The number of nitrogens with zero attached hydrogens (tertiary/aromatic N) is 1. The lowest BCUT2D eigenvalue weighted by atomic mass is 9.96. The van der Waals surface area contributed by atoms with E-state index in [2.05, 4.69) is 29.4 Å². The lowest BCUT2D eigenvalue weighted by molar-refractivity contribution is -0.136. The molecule has 0 atom stereocenters. The summed E-state index contributed by atoms with van der Waals surface area (Å²) < 4.78 is 0. The van der Waals surface area contributed by atoms with Gasteiger partial charge < -0.3 is 15.5 Å². The standard InChI is InChI=1S/C17H24ClN3O2/c1-12(2)21-9-7-13(8-10-21)11-19-16(22)17(23)20-15-6-4-3-5-14(15)18/h3-6,12-13H,7-11H2,1-2H3,(H,19,22)(H,20,23). The van der Waals surface area contributed by atoms with Crippen molar-refractivity contribution in [1.82, 2.24) is 10.2 Å². The monoisotopic (exact) mass is 337 g/mol. The van der Waals surface area contributed by atoms with Crippen LogP contribution in [0.3, 0.4) is 0 Å². The number of nitrogens with one attached hydrogen (secondary N) is 2. The average molecular weight is 338 g/mol. The molecule has 0 aliphatic carbocycles. The number of piperidine rings is 1. The third-order valence-corrected chi connectivity index (χ3v) is 4.59. The molecule has 2 N–H and O–H groups in total. The third-order valence-electron chi connectivity index (χ3n) is 4.26. The Bertz CT molecular complexity index is 555. The van der Waals surface area contributed by atoms with Crippen LogP contribution in [0, 0.1) is 5.92 Å². The van der Waals surface area contributed by atoms with E-state index in [0.717, 1.165) is 25.9 Å². The summed E-state index contributed by atoms with van der Waals surface area (Å²) >= 11 is 5.96. The van der Waals surface area contributed by atoms with Crippen molar-refractivity contribution < 1.29 is 9.59 Å². The maximum absolute atomic E-state index is 11.9. The van der Waals surface area contributed by atoms with Gasteiger partial charge in [-0.15, -0.1) is 0 Å². The van der Waals surface area contributed by atoms with Gasteiger partial charge >= 0.3 is 11.8 Å². The molecular weight excluding hydrogens is 314 g/mol. The summed E-state index contributed by atoms with van der Waals surface area (Å²) in [6, 6.07) is 7.41. The first-order valence-electron chi connectivity index (χ1n) is 8.05. The van der Waals surface area contributed by atoms with Crippen molar-refractivity contribution in [1.29, 1.82) is 0 Å². The first kappa shape index (κ1) is 17.8. The Hall–Kier alpha value is -1.59. The Morgan fingerprint density at radius 2 is 1.87 bits per heavy atom. The summed E-state index contributed by atoms with van der Waals surface area (Å²) in [7, 11) is 0. The van der Waals surface area contributed by atoms with E-state index in [4.69, 9.17) is 11.6 Å². The van der Waals surface area contributed by atoms with E-state index in [-0.39, 0.29) is 0 Å². The van der Waals surface area contributed by atoms with Crippen LogP contribution in [-0.4, -0.2) is 42.4 Å². The number of rotatable bonds is 4. The SMILES string of the molecule is CC(C)N1CCC(CNC(=O)C(=O)Nc2ccccc2Cl)CC1. The number of amides is 2. The van der Waals surface area contributed by atoms with Gasteiger partial charge in [-0.3, -0.25) is 9.59 Å². The van der Waals surface area contributed by atoms with Crippen LogP contribution in [0.5, 0.6) is 0 Å². The van der Waals surface area contributed by atoms with E-state index < -0.39 is 11.8 Å². The molecule has 0 bridgehead atoms. The van der Waals surface area contributed by atoms with Crippen LogP contribution in [-0.2, 0) is 9.59 Å². The topological polar surface area (TPSA) is 61.4 Å². The van der Waals surface area contributed by atoms with Gasteiger partial charge in [0.25, 0.3) is 0 Å². The molecule has 0 saturated carbocycles. The molecular formula is C17H24ClN3O2. The van der Waals surface area contributed by atoms with Crippen molar-refractivity contribution in [3.8, 4) is 0 Å². The van der Waals surface area contributed by atoms with Crippen LogP contribution in [0.2, 0.25) is 5.02 Å². The Balaban J connectivity index is 1.75. The van der Waals surface area contributed by atoms with Gasteiger partial charge in [-0.2, -0.15) is 0 Å². The molecule has 6 heteroatoms. The fraction of sp³-hybridized carbons (Fsp3) is 0.529. The predicted octanol–water partition coefficient (Wildman–Crippen LogP) is 2.52. The van der Waals surface area contributed by atoms with Gasteiger partial charge in [0.15, 0.2) is 0 Å². The number of likely N-dealkylation sites (tertiary alicyclic amines) is 1. The molecule has 2 rings (SSSR count). The minimum Gasteiger partial charge on any atom is -0.348 e. The molecule has 1 saturated heterocycles. The molecule has 1 aliphatic rings. The normalized spacial score (nSPS) is 16.3. The van der Waals surface area contributed by atoms with Crippen LogP contribution >= 0.6 is 11.6 Å². The molecule has 0 aromatic heterocycles. The van der Waals surface area contributed by atoms with Gasteiger partial charge in [-0.25, -0.2) is 0 Å². The van der Waals surface area contributed by atoms with Gasteiger partial charge in [0, 0.05) is 12.6 Å². The second-order valence-electron chi connectivity index (χ2n) is 6.22. The molecule has 0 spiro atoms. The molecule has 126 valence electrons. The molecule has 0 unspecified atom stereocenters. The molecule has 0 radical (unpaired) electrons. The predicted molar refractivity (Wildman–Crippen MR) is 92.5 cm³/mol. The maximum Gasteiger partial charge on any atom is 0.313 e. The first-order valence-corrected chi connectivity index (χ1v) is 8.43. The molecule has 23 heavy (non-hydrogen) atoms. The van der Waals surface area contributed by atoms with E-state index in [0.29, 0.717) is 29.2 Å². The molecule has 1 heterocycles. The van der Waals surface area contributed by atoms with Gasteiger partial charge in [0.05, 0.1) is 10.7 Å². The quantitative estimate of drug-likeness (QED) is 0.830. The third kappa shape index (κ3) is 5.22. The van der Waals surface area contributed by atoms with Crippen molar-refractivity contribution in [3.05, 3.63) is 29.3 Å². The van der Waals surface area contributed by atoms with Crippen LogP contribution in [0.15, 0.2) is 24.3 Å². The van der Waals surface area contributed by atoms with Crippen molar-refractivity contribution >= 4 is 29.1 Å². The van der Waals surface area contributed by atoms with E-state index in [9.17, 15) is 9.59 Å². The summed E-state index contributed by atoms with van der Waals surface area (Å²) in [6.45, 7) is 7.02. The molecule has 5 nitrogen and oxygen atoms in total. The summed E-state index contributed by atoms with van der Waals surface area (Å²) in [5.74, 6) is -0.865. The van der Waals surface area contributed by atoms with E-state index in [1.807, 2.05) is 0 Å². The Labute approximate surface area is 142 Å². The van der Waals surface area contributed by atoms with Gasteiger partial charge in [0.2, 0.25) is 0 Å². The van der Waals surface area contributed by atoms with Gasteiger partial charge in [-0.1, -0.05) is 23.7 Å². The van der Waals surface area contributed by atoms with Crippen molar-refractivity contribution in [3.63, 3.8) is 0 Å². The zero-order chi connectivity index (χ0) is 16.8. The fourth-order valence-corrected chi connectivity index (χ4v) is 2.92. The number of hydrogen-bond donors (Lipinski definition) is 2. The number of carbonyl (C=O) groups excluding carboxylic acids is 2. The second kappa shape index (κ2) is 8.31. The Morgan fingerprint density at radius 1 is 1.22 bits per heavy atom. The summed E-state index contributed by atoms with van der Waals surface area (Å²) in [4.78, 5) is 26.2. The number of anilines is 1. The maximum atomic E-state index is 11.9. The summed E-state index contributed by atoms with van der Waals surface area (Å²) in [6.07, 6.45) is 2.09. The number of para-hydroxylation sites is 1. The zero-order valence-corrected chi connectivity index (χ0v) is 14.4. The minimum absolute atomic E-state index is 0.412. The number of hydrogen-bond acceptors (Lipinski definition) is 3. The number of benzene rings is 1. The molecule has 1 fully saturated rings. The summed E-state index contributed by atoms with van der Waals surface area (Å²) in [5.41, 5.74) is 0.444. The van der Waals surface area contributed by atoms with E-state index >= 15 is 0 Å². The average Bonchev–Trinajstić information content (AvgIpc) is 2.55. The van der Waals surface area contributed by atoms with Crippen molar-refractivity contribution in [2.24, 2.45) is 5.92 Å². The Kier molecular flexibility index (Phi) is 6.42. The van der Waals surface area contributed by atoms with Crippen molar-refractivity contribution in [2.75, 3.05) is 25.0 Å². The minimum atomic E-state index is -0.683. The van der Waals surface area contributed by atoms with Gasteiger partial charge in [-0.05, 0) is 57.8 Å². The molecule has 1 aromatic rings. The van der Waals surface area contributed by atoms with E-state index in [1.54, 1.807) is 24.3 Å². The first-order chi connectivity index (χ1) is 11.0. The highest BCUT2D eigenvalue weighted by atomic mass is 35.5.